The second-order valence-electron chi connectivity index (χ2n) is 7.39. The van der Waals surface area contributed by atoms with Crippen LogP contribution in [0.5, 0.6) is 11.5 Å². The molecule has 0 aromatic heterocycles. The molecule has 0 radical (unpaired) electrons. The van der Waals surface area contributed by atoms with Crippen LogP contribution in [0.4, 0.5) is 13.2 Å². The molecule has 2 rings (SSSR count). The Kier molecular flexibility index (Phi) is 8.04. The molecule has 1 aliphatic heterocycles. The predicted molar refractivity (Wildman–Crippen MR) is 98.2 cm³/mol. The molecular formula is C18H28ClF3N2O2. The molecule has 8 heteroatoms. The molecule has 0 saturated carbocycles. The topological polar surface area (TPSA) is 44.7 Å². The van der Waals surface area contributed by atoms with Crippen LogP contribution in [0.15, 0.2) is 18.2 Å². The van der Waals surface area contributed by atoms with E-state index in [-0.39, 0.29) is 24.6 Å². The Bertz CT molecular complexity index is 571. The first-order valence-electron chi connectivity index (χ1n) is 8.59. The molecule has 1 saturated heterocycles. The van der Waals surface area contributed by atoms with Crippen molar-refractivity contribution in [1.29, 1.82) is 0 Å². The molecule has 0 bridgehead atoms. The Morgan fingerprint density at radius 3 is 2.35 bits per heavy atom. The van der Waals surface area contributed by atoms with E-state index in [4.69, 9.17) is 4.74 Å². The Morgan fingerprint density at radius 2 is 1.81 bits per heavy atom. The third-order valence-electron chi connectivity index (χ3n) is 4.08. The van der Waals surface area contributed by atoms with Crippen molar-refractivity contribution < 1.29 is 23.0 Å². The Morgan fingerprint density at radius 1 is 1.19 bits per heavy atom. The van der Waals surface area contributed by atoms with Crippen LogP contribution in [0.3, 0.4) is 0 Å². The number of benzene rings is 1. The molecule has 1 fully saturated rings. The van der Waals surface area contributed by atoms with E-state index in [9.17, 15) is 18.3 Å². The molecule has 0 amide bonds. The average molecular weight is 397 g/mol. The van der Waals surface area contributed by atoms with Gasteiger partial charge in [0.2, 0.25) is 0 Å². The molecule has 0 spiro atoms. The Balaban J connectivity index is 0.00000338. The Hall–Kier alpha value is -1.18. The highest BCUT2D eigenvalue weighted by Gasteiger charge is 2.32. The first-order chi connectivity index (χ1) is 11.6. The van der Waals surface area contributed by atoms with Crippen LogP contribution >= 0.6 is 12.4 Å². The van der Waals surface area contributed by atoms with Crippen LogP contribution in [-0.2, 0) is 0 Å². The predicted octanol–water partition coefficient (Wildman–Crippen LogP) is 4.28. The van der Waals surface area contributed by atoms with Crippen LogP contribution in [-0.4, -0.2) is 48.0 Å². The zero-order chi connectivity index (χ0) is 18.7. The van der Waals surface area contributed by atoms with Gasteiger partial charge in [-0.2, -0.15) is 13.2 Å². The Labute approximate surface area is 159 Å². The fraction of sp³-hybridized carbons (Fsp3) is 0.667. The van der Waals surface area contributed by atoms with Crippen molar-refractivity contribution in [1.82, 2.24) is 10.2 Å². The summed E-state index contributed by atoms with van der Waals surface area (Å²) in [6, 6.07) is 4.32. The van der Waals surface area contributed by atoms with Gasteiger partial charge in [0.25, 0.3) is 0 Å². The quantitative estimate of drug-likeness (QED) is 0.779. The standard InChI is InChI=1S/C18H27F3N2O2.ClH/c1-17(2,3)25-13-4-5-16(24)14(12-13)15(6-7-18(19,20)21)23-10-8-22-9-11-23;/h4-5,12,15,22,24H,6-11H2,1-3H3;1H/t15-;/m0./s1. The highest BCUT2D eigenvalue weighted by atomic mass is 35.5. The summed E-state index contributed by atoms with van der Waals surface area (Å²) >= 11 is 0. The van der Waals surface area contributed by atoms with E-state index in [1.54, 1.807) is 12.1 Å². The molecule has 1 heterocycles. The van der Waals surface area contributed by atoms with Gasteiger partial charge in [-0.05, 0) is 45.4 Å². The summed E-state index contributed by atoms with van der Waals surface area (Å²) in [5.41, 5.74) is 0.0676. The molecular weight excluding hydrogens is 369 g/mol. The van der Waals surface area contributed by atoms with Crippen LogP contribution in [0.2, 0.25) is 0 Å². The van der Waals surface area contributed by atoms with Crippen LogP contribution in [0.1, 0.15) is 45.2 Å². The number of phenols is 1. The SMILES string of the molecule is CC(C)(C)Oc1ccc(O)c([C@H](CCC(F)(F)F)N2CCNCC2)c1.Cl. The van der Waals surface area contributed by atoms with Gasteiger partial charge in [-0.1, -0.05) is 0 Å². The van der Waals surface area contributed by atoms with Gasteiger partial charge in [0.15, 0.2) is 0 Å². The normalized spacial score (nSPS) is 17.5. The summed E-state index contributed by atoms with van der Waals surface area (Å²) in [6.45, 7) is 8.44. The van der Waals surface area contributed by atoms with E-state index in [1.807, 2.05) is 25.7 Å². The number of piperazine rings is 1. The van der Waals surface area contributed by atoms with Gasteiger partial charge in [-0.3, -0.25) is 4.90 Å². The van der Waals surface area contributed by atoms with Gasteiger partial charge in [0.05, 0.1) is 0 Å². The molecule has 1 aliphatic rings. The molecule has 26 heavy (non-hydrogen) atoms. The number of nitrogens with one attached hydrogen (secondary N) is 1. The number of hydrogen-bond acceptors (Lipinski definition) is 4. The van der Waals surface area contributed by atoms with Crippen LogP contribution in [0, 0.1) is 0 Å². The monoisotopic (exact) mass is 396 g/mol. The maximum absolute atomic E-state index is 12.8. The fourth-order valence-electron chi connectivity index (χ4n) is 3.05. The summed E-state index contributed by atoms with van der Waals surface area (Å²) in [4.78, 5) is 2.00. The molecule has 0 aliphatic carbocycles. The zero-order valence-electron chi connectivity index (χ0n) is 15.4. The molecule has 1 atom stereocenters. The number of phenolic OH excluding ortho intramolecular Hbond substituents is 1. The molecule has 1 aromatic rings. The fourth-order valence-corrected chi connectivity index (χ4v) is 3.05. The number of aromatic hydroxyl groups is 1. The minimum atomic E-state index is -4.22. The number of nitrogens with zero attached hydrogens (tertiary/aromatic N) is 1. The minimum Gasteiger partial charge on any atom is -0.508 e. The molecule has 4 nitrogen and oxygen atoms in total. The van der Waals surface area contributed by atoms with E-state index >= 15 is 0 Å². The zero-order valence-corrected chi connectivity index (χ0v) is 16.2. The number of rotatable bonds is 5. The van der Waals surface area contributed by atoms with Crippen molar-refractivity contribution in [3.63, 3.8) is 0 Å². The van der Waals surface area contributed by atoms with E-state index in [2.05, 4.69) is 5.32 Å². The highest BCUT2D eigenvalue weighted by Crippen LogP contribution is 2.38. The van der Waals surface area contributed by atoms with Crippen molar-refractivity contribution in [2.75, 3.05) is 26.2 Å². The van der Waals surface area contributed by atoms with Crippen molar-refractivity contribution in [3.05, 3.63) is 23.8 Å². The molecule has 2 N–H and O–H groups in total. The summed E-state index contributed by atoms with van der Waals surface area (Å²) in [5, 5.41) is 13.5. The maximum atomic E-state index is 12.8. The van der Waals surface area contributed by atoms with Crippen molar-refractivity contribution >= 4 is 12.4 Å². The largest absolute Gasteiger partial charge is 0.508 e. The third-order valence-corrected chi connectivity index (χ3v) is 4.08. The number of hydrogen-bond donors (Lipinski definition) is 2. The van der Waals surface area contributed by atoms with Gasteiger partial charge in [0.1, 0.15) is 17.1 Å². The summed E-state index contributed by atoms with van der Waals surface area (Å²) in [6.07, 6.45) is -5.19. The number of alkyl halides is 3. The van der Waals surface area contributed by atoms with E-state index in [0.29, 0.717) is 24.4 Å². The van der Waals surface area contributed by atoms with Crippen molar-refractivity contribution in [2.24, 2.45) is 0 Å². The lowest BCUT2D eigenvalue weighted by Crippen LogP contribution is -2.45. The van der Waals surface area contributed by atoms with Gasteiger partial charge in [-0.15, -0.1) is 12.4 Å². The van der Waals surface area contributed by atoms with Gasteiger partial charge < -0.3 is 15.2 Å². The number of ether oxygens (including phenoxy) is 1. The second-order valence-corrected chi connectivity index (χ2v) is 7.39. The first kappa shape index (κ1) is 22.9. The second kappa shape index (κ2) is 9.15. The minimum absolute atomic E-state index is 0. The van der Waals surface area contributed by atoms with E-state index in [0.717, 1.165) is 13.1 Å². The summed E-state index contributed by atoms with van der Waals surface area (Å²) in [7, 11) is 0. The van der Waals surface area contributed by atoms with Gasteiger partial charge in [-0.25, -0.2) is 0 Å². The molecule has 150 valence electrons. The van der Waals surface area contributed by atoms with E-state index in [1.165, 1.54) is 6.07 Å². The average Bonchev–Trinajstić information content (AvgIpc) is 2.49. The van der Waals surface area contributed by atoms with E-state index < -0.39 is 24.2 Å². The van der Waals surface area contributed by atoms with Crippen LogP contribution in [0.25, 0.3) is 0 Å². The highest BCUT2D eigenvalue weighted by molar-refractivity contribution is 5.85. The lowest BCUT2D eigenvalue weighted by Gasteiger charge is -2.36. The molecule has 0 unspecified atom stereocenters. The van der Waals surface area contributed by atoms with Gasteiger partial charge in [0, 0.05) is 44.2 Å². The van der Waals surface area contributed by atoms with Crippen molar-refractivity contribution in [2.45, 2.75) is 51.4 Å². The smallest absolute Gasteiger partial charge is 0.389 e. The van der Waals surface area contributed by atoms with Gasteiger partial charge >= 0.3 is 6.18 Å². The summed E-state index contributed by atoms with van der Waals surface area (Å²) in [5.74, 6) is 0.555. The number of halogens is 4. The third kappa shape index (κ3) is 7.21. The van der Waals surface area contributed by atoms with Crippen LogP contribution < -0.4 is 10.1 Å². The lowest BCUT2D eigenvalue weighted by molar-refractivity contribution is -0.138. The van der Waals surface area contributed by atoms with Crippen molar-refractivity contribution in [3.8, 4) is 11.5 Å². The molecule has 1 aromatic carbocycles. The summed E-state index contributed by atoms with van der Waals surface area (Å²) < 4.78 is 44.2. The lowest BCUT2D eigenvalue weighted by atomic mass is 9.98. The maximum Gasteiger partial charge on any atom is 0.389 e. The first-order valence-corrected chi connectivity index (χ1v) is 8.59.